The molecule has 0 spiro atoms. The van der Waals surface area contributed by atoms with Crippen LogP contribution in [-0.4, -0.2) is 10.9 Å². The summed E-state index contributed by atoms with van der Waals surface area (Å²) in [6.45, 7) is 0. The fourth-order valence-electron chi connectivity index (χ4n) is 1.27. The molecule has 0 atom stereocenters. The lowest BCUT2D eigenvalue weighted by Gasteiger charge is -2.00. The number of aromatic nitrogens is 1. The van der Waals surface area contributed by atoms with E-state index < -0.39 is 5.91 Å². The molecule has 0 unspecified atom stereocenters. The van der Waals surface area contributed by atoms with Crippen molar-refractivity contribution in [1.29, 1.82) is 0 Å². The molecule has 0 saturated carbocycles. The van der Waals surface area contributed by atoms with Crippen LogP contribution in [-0.2, 0) is 0 Å². The number of rotatable bonds is 1. The predicted molar refractivity (Wildman–Crippen MR) is 55.3 cm³/mol. The highest BCUT2D eigenvalue weighted by molar-refractivity contribution is 6.35. The Balaban J connectivity index is 2.76. The molecule has 1 amide bonds. The van der Waals surface area contributed by atoms with Crippen LogP contribution in [0.15, 0.2) is 30.5 Å². The number of pyridine rings is 1. The number of amides is 1. The minimum atomic E-state index is -0.549. The molecule has 1 heterocycles. The molecular weight excluding hydrogens is 200 g/mol. The van der Waals surface area contributed by atoms with Crippen LogP contribution >= 0.6 is 11.6 Å². The Bertz CT molecular complexity index is 510. The number of primary amides is 1. The highest BCUT2D eigenvalue weighted by Crippen LogP contribution is 2.22. The van der Waals surface area contributed by atoms with Crippen LogP contribution < -0.4 is 5.73 Å². The molecule has 0 aliphatic carbocycles. The zero-order valence-corrected chi connectivity index (χ0v) is 7.95. The first-order valence-electron chi connectivity index (χ1n) is 4.02. The number of nitrogens with two attached hydrogens (primary N) is 1. The summed E-state index contributed by atoms with van der Waals surface area (Å²) in [4.78, 5) is 14.8. The molecule has 70 valence electrons. The van der Waals surface area contributed by atoms with Gasteiger partial charge in [0.15, 0.2) is 0 Å². The molecule has 0 fully saturated rings. The van der Waals surface area contributed by atoms with E-state index in [0.717, 1.165) is 10.8 Å². The largest absolute Gasteiger partial charge is 0.364 e. The molecule has 0 saturated heterocycles. The van der Waals surface area contributed by atoms with E-state index in [-0.39, 0.29) is 5.69 Å². The number of carbonyl (C=O) groups is 1. The standard InChI is InChI=1S/C10H7ClN2O/c11-8-3-1-2-6-5-13-9(10(12)14)4-7(6)8/h1-5H,(H2,12,14). The maximum absolute atomic E-state index is 10.9. The first-order chi connectivity index (χ1) is 6.68. The third kappa shape index (κ3) is 1.42. The van der Waals surface area contributed by atoms with Crippen molar-refractivity contribution >= 4 is 28.3 Å². The number of fused-ring (bicyclic) bond motifs is 1. The molecule has 1 aromatic carbocycles. The summed E-state index contributed by atoms with van der Waals surface area (Å²) in [6.07, 6.45) is 1.58. The summed E-state index contributed by atoms with van der Waals surface area (Å²) in [5.74, 6) is -0.549. The topological polar surface area (TPSA) is 56.0 Å². The van der Waals surface area contributed by atoms with E-state index in [2.05, 4.69) is 4.98 Å². The molecule has 0 radical (unpaired) electrons. The Morgan fingerprint density at radius 3 is 2.93 bits per heavy atom. The summed E-state index contributed by atoms with van der Waals surface area (Å²) >= 11 is 5.95. The Kier molecular flexibility index (Phi) is 2.09. The average Bonchev–Trinajstić information content (AvgIpc) is 2.18. The van der Waals surface area contributed by atoms with Gasteiger partial charge in [0.1, 0.15) is 5.69 Å². The van der Waals surface area contributed by atoms with Gasteiger partial charge in [0, 0.05) is 22.0 Å². The highest BCUT2D eigenvalue weighted by Gasteiger charge is 2.04. The molecule has 14 heavy (non-hydrogen) atoms. The highest BCUT2D eigenvalue weighted by atomic mass is 35.5. The van der Waals surface area contributed by atoms with Crippen LogP contribution in [0.2, 0.25) is 5.02 Å². The summed E-state index contributed by atoms with van der Waals surface area (Å²) in [5.41, 5.74) is 5.34. The van der Waals surface area contributed by atoms with Crippen molar-refractivity contribution in [2.75, 3.05) is 0 Å². The van der Waals surface area contributed by atoms with E-state index in [0.29, 0.717) is 5.02 Å². The van der Waals surface area contributed by atoms with Crippen molar-refractivity contribution in [1.82, 2.24) is 4.98 Å². The Morgan fingerprint density at radius 1 is 1.43 bits per heavy atom. The normalized spacial score (nSPS) is 10.4. The Hall–Kier alpha value is -1.61. The van der Waals surface area contributed by atoms with Gasteiger partial charge in [-0.2, -0.15) is 0 Å². The number of benzene rings is 1. The lowest BCUT2D eigenvalue weighted by molar-refractivity contribution is 0.0996. The molecule has 0 aliphatic rings. The van der Waals surface area contributed by atoms with Crippen LogP contribution in [0.4, 0.5) is 0 Å². The molecule has 2 aromatic rings. The molecule has 3 nitrogen and oxygen atoms in total. The van der Waals surface area contributed by atoms with Crippen LogP contribution in [0.1, 0.15) is 10.5 Å². The fraction of sp³-hybridized carbons (Fsp3) is 0. The second-order valence-electron chi connectivity index (χ2n) is 2.89. The SMILES string of the molecule is NC(=O)c1cc2c(Cl)cccc2cn1. The number of halogens is 1. The van der Waals surface area contributed by atoms with E-state index in [9.17, 15) is 4.79 Å². The van der Waals surface area contributed by atoms with Gasteiger partial charge in [0.05, 0.1) is 0 Å². The minimum Gasteiger partial charge on any atom is -0.364 e. The molecule has 2 rings (SSSR count). The Morgan fingerprint density at radius 2 is 2.21 bits per heavy atom. The van der Waals surface area contributed by atoms with E-state index in [1.807, 2.05) is 12.1 Å². The molecule has 2 N–H and O–H groups in total. The molecule has 0 bridgehead atoms. The van der Waals surface area contributed by atoms with Crippen molar-refractivity contribution in [3.8, 4) is 0 Å². The van der Waals surface area contributed by atoms with Crippen LogP contribution in [0, 0.1) is 0 Å². The van der Waals surface area contributed by atoms with Crippen molar-refractivity contribution in [3.05, 3.63) is 41.2 Å². The quantitative estimate of drug-likeness (QED) is 0.776. The average molecular weight is 207 g/mol. The third-order valence-corrected chi connectivity index (χ3v) is 2.29. The van der Waals surface area contributed by atoms with E-state index in [4.69, 9.17) is 17.3 Å². The summed E-state index contributed by atoms with van der Waals surface area (Å²) in [6, 6.07) is 7.06. The zero-order chi connectivity index (χ0) is 10.1. The van der Waals surface area contributed by atoms with Crippen molar-refractivity contribution in [3.63, 3.8) is 0 Å². The maximum atomic E-state index is 10.9. The van der Waals surface area contributed by atoms with Crippen LogP contribution in [0.5, 0.6) is 0 Å². The number of hydrogen-bond donors (Lipinski definition) is 1. The van der Waals surface area contributed by atoms with Gasteiger partial charge in [0.25, 0.3) is 5.91 Å². The Labute approximate surface area is 85.5 Å². The van der Waals surface area contributed by atoms with Gasteiger partial charge in [0.2, 0.25) is 0 Å². The monoisotopic (exact) mass is 206 g/mol. The van der Waals surface area contributed by atoms with E-state index in [1.165, 1.54) is 0 Å². The summed E-state index contributed by atoms with van der Waals surface area (Å²) in [7, 11) is 0. The maximum Gasteiger partial charge on any atom is 0.267 e. The minimum absolute atomic E-state index is 0.227. The van der Waals surface area contributed by atoms with E-state index >= 15 is 0 Å². The van der Waals surface area contributed by atoms with Crippen LogP contribution in [0.3, 0.4) is 0 Å². The third-order valence-electron chi connectivity index (χ3n) is 1.96. The first kappa shape index (κ1) is 8.97. The molecular formula is C10H7ClN2O. The number of nitrogens with zero attached hydrogens (tertiary/aromatic N) is 1. The number of carbonyl (C=O) groups excluding carboxylic acids is 1. The van der Waals surface area contributed by atoms with Gasteiger partial charge in [-0.25, -0.2) is 0 Å². The smallest absolute Gasteiger partial charge is 0.267 e. The van der Waals surface area contributed by atoms with Crippen molar-refractivity contribution in [2.45, 2.75) is 0 Å². The van der Waals surface area contributed by atoms with Crippen molar-refractivity contribution < 1.29 is 4.79 Å². The fourth-order valence-corrected chi connectivity index (χ4v) is 1.50. The molecule has 0 aliphatic heterocycles. The van der Waals surface area contributed by atoms with Crippen LogP contribution in [0.25, 0.3) is 10.8 Å². The van der Waals surface area contributed by atoms with Crippen molar-refractivity contribution in [2.24, 2.45) is 5.73 Å². The molecule has 4 heteroatoms. The zero-order valence-electron chi connectivity index (χ0n) is 7.20. The van der Waals surface area contributed by atoms with Gasteiger partial charge in [-0.05, 0) is 12.1 Å². The van der Waals surface area contributed by atoms with E-state index in [1.54, 1.807) is 18.3 Å². The van der Waals surface area contributed by atoms with Gasteiger partial charge in [-0.15, -0.1) is 0 Å². The molecule has 1 aromatic heterocycles. The second kappa shape index (κ2) is 3.27. The number of hydrogen-bond acceptors (Lipinski definition) is 2. The van der Waals surface area contributed by atoms with Gasteiger partial charge >= 0.3 is 0 Å². The second-order valence-corrected chi connectivity index (χ2v) is 3.30. The summed E-state index contributed by atoms with van der Waals surface area (Å²) < 4.78 is 0. The summed E-state index contributed by atoms with van der Waals surface area (Å²) in [5, 5.41) is 2.27. The van der Waals surface area contributed by atoms with Gasteiger partial charge in [-0.1, -0.05) is 23.7 Å². The predicted octanol–water partition coefficient (Wildman–Crippen LogP) is 1.99. The van der Waals surface area contributed by atoms with Gasteiger partial charge in [-0.3, -0.25) is 9.78 Å². The van der Waals surface area contributed by atoms with Gasteiger partial charge < -0.3 is 5.73 Å². The first-order valence-corrected chi connectivity index (χ1v) is 4.40. The lowest BCUT2D eigenvalue weighted by atomic mass is 10.1. The lowest BCUT2D eigenvalue weighted by Crippen LogP contribution is -2.12.